The zero-order valence-corrected chi connectivity index (χ0v) is 12.7. The topological polar surface area (TPSA) is 64.3 Å². The van der Waals surface area contributed by atoms with E-state index < -0.39 is 5.97 Å². The lowest BCUT2D eigenvalue weighted by Crippen LogP contribution is -2.21. The Kier molecular flexibility index (Phi) is 4.60. The van der Waals surface area contributed by atoms with Crippen molar-refractivity contribution < 1.29 is 19.0 Å². The Balaban J connectivity index is 1.83. The molecule has 0 aliphatic heterocycles. The number of rotatable bonds is 5. The van der Waals surface area contributed by atoms with Crippen molar-refractivity contribution in [1.82, 2.24) is 9.78 Å². The van der Waals surface area contributed by atoms with Crippen LogP contribution in [0.3, 0.4) is 0 Å². The Hall–Kier alpha value is -2.37. The number of carboxylic acids is 1. The minimum atomic E-state index is -1.12. The van der Waals surface area contributed by atoms with E-state index in [0.29, 0.717) is 5.56 Å². The highest BCUT2D eigenvalue weighted by Gasteiger charge is 2.23. The van der Waals surface area contributed by atoms with Gasteiger partial charge in [-0.1, -0.05) is 24.6 Å². The van der Waals surface area contributed by atoms with Crippen LogP contribution in [-0.4, -0.2) is 27.0 Å². The molecule has 1 aromatic heterocycles. The molecule has 0 radical (unpaired) electrons. The maximum atomic E-state index is 13.8. The molecule has 3 rings (SSSR count). The summed E-state index contributed by atoms with van der Waals surface area (Å²) in [5.74, 6) is -1.24. The molecule has 0 unspecified atom stereocenters. The number of carboxylic acid groups (broad SMARTS) is 1. The molecule has 0 saturated heterocycles. The summed E-state index contributed by atoms with van der Waals surface area (Å²) >= 11 is 0. The van der Waals surface area contributed by atoms with Crippen molar-refractivity contribution >= 4 is 5.97 Å². The molecule has 0 bridgehead atoms. The second-order valence-corrected chi connectivity index (χ2v) is 5.79. The van der Waals surface area contributed by atoms with Crippen LogP contribution < -0.4 is 4.74 Å². The average molecular weight is 318 g/mol. The molecule has 1 fully saturated rings. The van der Waals surface area contributed by atoms with Crippen LogP contribution in [0.1, 0.15) is 48.2 Å². The van der Waals surface area contributed by atoms with Crippen molar-refractivity contribution in [3.63, 3.8) is 0 Å². The lowest BCUT2D eigenvalue weighted by molar-refractivity contribution is 0.0672. The molecule has 5 nitrogen and oxygen atoms in total. The third-order valence-electron chi connectivity index (χ3n) is 4.13. The summed E-state index contributed by atoms with van der Waals surface area (Å²) in [7, 11) is 0. The maximum Gasteiger partial charge on any atom is 0.358 e. The standard InChI is InChI=1S/C17H19FN2O3/c18-14-9-5-4-6-12(14)11-20-16(17(21)22)15(10-19-20)23-13-7-2-1-3-8-13/h4-6,9-10,13H,1-3,7-8,11H2,(H,21,22). The van der Waals surface area contributed by atoms with Crippen LogP contribution in [0, 0.1) is 5.82 Å². The molecule has 1 aliphatic rings. The van der Waals surface area contributed by atoms with Gasteiger partial charge in [-0.05, 0) is 31.7 Å². The largest absolute Gasteiger partial charge is 0.486 e. The normalized spacial score (nSPS) is 15.5. The number of hydrogen-bond acceptors (Lipinski definition) is 3. The fourth-order valence-electron chi connectivity index (χ4n) is 2.94. The molecule has 1 N–H and O–H groups in total. The number of benzene rings is 1. The first-order valence-corrected chi connectivity index (χ1v) is 7.84. The van der Waals surface area contributed by atoms with Gasteiger partial charge in [0.05, 0.1) is 18.8 Å². The van der Waals surface area contributed by atoms with Gasteiger partial charge in [-0.2, -0.15) is 5.10 Å². The summed E-state index contributed by atoms with van der Waals surface area (Å²) in [6.07, 6.45) is 6.69. The summed E-state index contributed by atoms with van der Waals surface area (Å²) in [6.45, 7) is 0.0579. The van der Waals surface area contributed by atoms with Gasteiger partial charge in [0.1, 0.15) is 5.82 Å². The van der Waals surface area contributed by atoms with Crippen LogP contribution in [0.15, 0.2) is 30.5 Å². The fourth-order valence-corrected chi connectivity index (χ4v) is 2.94. The number of nitrogens with zero attached hydrogens (tertiary/aromatic N) is 2. The Morgan fingerprint density at radius 1 is 1.30 bits per heavy atom. The Morgan fingerprint density at radius 2 is 2.04 bits per heavy atom. The van der Waals surface area contributed by atoms with Crippen LogP contribution in [0.25, 0.3) is 0 Å². The maximum absolute atomic E-state index is 13.8. The first-order chi connectivity index (χ1) is 11.1. The summed E-state index contributed by atoms with van der Waals surface area (Å²) in [5.41, 5.74) is 0.362. The number of ether oxygens (including phenoxy) is 1. The predicted molar refractivity (Wildman–Crippen MR) is 82.2 cm³/mol. The molecule has 23 heavy (non-hydrogen) atoms. The van der Waals surface area contributed by atoms with E-state index in [0.717, 1.165) is 25.7 Å². The van der Waals surface area contributed by atoms with Gasteiger partial charge in [0.2, 0.25) is 0 Å². The lowest BCUT2D eigenvalue weighted by atomic mass is 9.98. The number of aromatic carboxylic acids is 1. The zero-order valence-electron chi connectivity index (χ0n) is 12.7. The van der Waals surface area contributed by atoms with Crippen LogP contribution >= 0.6 is 0 Å². The van der Waals surface area contributed by atoms with Gasteiger partial charge in [-0.15, -0.1) is 0 Å². The molecule has 1 heterocycles. The Morgan fingerprint density at radius 3 is 2.74 bits per heavy atom. The van der Waals surface area contributed by atoms with Gasteiger partial charge in [-0.3, -0.25) is 4.68 Å². The van der Waals surface area contributed by atoms with Crippen LogP contribution in [0.2, 0.25) is 0 Å². The molecule has 1 aliphatic carbocycles. The number of aromatic nitrogens is 2. The number of carbonyl (C=O) groups is 1. The Labute approximate surface area is 133 Å². The van der Waals surface area contributed by atoms with Crippen LogP contribution in [0.4, 0.5) is 4.39 Å². The van der Waals surface area contributed by atoms with Gasteiger partial charge in [0.15, 0.2) is 11.4 Å². The summed E-state index contributed by atoms with van der Waals surface area (Å²) < 4.78 is 20.9. The van der Waals surface area contributed by atoms with Crippen molar-refractivity contribution in [2.45, 2.75) is 44.8 Å². The highest BCUT2D eigenvalue weighted by molar-refractivity contribution is 5.88. The quantitative estimate of drug-likeness (QED) is 0.916. The van der Waals surface area contributed by atoms with Gasteiger partial charge in [-0.25, -0.2) is 9.18 Å². The van der Waals surface area contributed by atoms with Gasteiger partial charge >= 0.3 is 5.97 Å². The van der Waals surface area contributed by atoms with Crippen molar-refractivity contribution in [1.29, 1.82) is 0 Å². The SMILES string of the molecule is O=C(O)c1c(OC2CCCCC2)cnn1Cc1ccccc1F. The van der Waals surface area contributed by atoms with E-state index in [4.69, 9.17) is 4.74 Å². The van der Waals surface area contributed by atoms with Crippen molar-refractivity contribution in [3.05, 3.63) is 47.5 Å². The molecule has 1 saturated carbocycles. The minimum absolute atomic E-state index is 0.0289. The third kappa shape index (κ3) is 3.52. The van der Waals surface area contributed by atoms with Crippen molar-refractivity contribution in [2.75, 3.05) is 0 Å². The van der Waals surface area contributed by atoms with Gasteiger partial charge in [0.25, 0.3) is 0 Å². The van der Waals surface area contributed by atoms with Gasteiger partial charge < -0.3 is 9.84 Å². The zero-order chi connectivity index (χ0) is 16.2. The molecule has 6 heteroatoms. The van der Waals surface area contributed by atoms with Crippen molar-refractivity contribution in [2.24, 2.45) is 0 Å². The second kappa shape index (κ2) is 6.81. The molecule has 2 aromatic rings. The highest BCUT2D eigenvalue weighted by atomic mass is 19.1. The molecule has 1 aromatic carbocycles. The summed E-state index contributed by atoms with van der Waals surface area (Å²) in [6, 6.07) is 6.27. The van der Waals surface area contributed by atoms with E-state index in [1.807, 2.05) is 0 Å². The van der Waals surface area contributed by atoms with E-state index in [1.165, 1.54) is 23.4 Å². The monoisotopic (exact) mass is 318 g/mol. The molecule has 0 spiro atoms. The van der Waals surface area contributed by atoms with E-state index in [-0.39, 0.29) is 29.9 Å². The molecule has 0 atom stereocenters. The molecule has 0 amide bonds. The van der Waals surface area contributed by atoms with Crippen molar-refractivity contribution in [3.8, 4) is 5.75 Å². The third-order valence-corrected chi connectivity index (χ3v) is 4.13. The molecular formula is C17H19FN2O3. The fraction of sp³-hybridized carbons (Fsp3) is 0.412. The first kappa shape index (κ1) is 15.5. The molecule has 122 valence electrons. The average Bonchev–Trinajstić information content (AvgIpc) is 2.93. The van der Waals surface area contributed by atoms with E-state index in [1.54, 1.807) is 18.2 Å². The van der Waals surface area contributed by atoms with Crippen LogP contribution in [-0.2, 0) is 6.54 Å². The predicted octanol–water partition coefficient (Wildman–Crippen LogP) is 3.48. The minimum Gasteiger partial charge on any atom is -0.486 e. The summed E-state index contributed by atoms with van der Waals surface area (Å²) in [5, 5.41) is 13.6. The van der Waals surface area contributed by atoms with Gasteiger partial charge in [0, 0.05) is 5.56 Å². The first-order valence-electron chi connectivity index (χ1n) is 7.84. The van der Waals surface area contributed by atoms with E-state index in [2.05, 4.69) is 5.10 Å². The Bertz CT molecular complexity index is 693. The van der Waals surface area contributed by atoms with E-state index >= 15 is 0 Å². The second-order valence-electron chi connectivity index (χ2n) is 5.79. The smallest absolute Gasteiger partial charge is 0.358 e. The number of halogens is 1. The number of hydrogen-bond donors (Lipinski definition) is 1. The molecular weight excluding hydrogens is 299 g/mol. The summed E-state index contributed by atoms with van der Waals surface area (Å²) in [4.78, 5) is 11.6. The highest BCUT2D eigenvalue weighted by Crippen LogP contribution is 2.26. The van der Waals surface area contributed by atoms with E-state index in [9.17, 15) is 14.3 Å². The lowest BCUT2D eigenvalue weighted by Gasteiger charge is -2.22. The van der Waals surface area contributed by atoms with Crippen LogP contribution in [0.5, 0.6) is 5.75 Å².